The number of aromatic nitrogens is 3. The molecule has 0 atom stereocenters. The topological polar surface area (TPSA) is 84.7 Å². The first kappa shape index (κ1) is 14.7. The first-order chi connectivity index (χ1) is 9.24. The van der Waals surface area contributed by atoms with Gasteiger partial charge in [0.25, 0.3) is 5.56 Å². The van der Waals surface area contributed by atoms with E-state index >= 15 is 0 Å². The maximum absolute atomic E-state index is 12.6. The highest BCUT2D eigenvalue weighted by atomic mass is 35.5. The highest BCUT2D eigenvalue weighted by Gasteiger charge is 2.31. The van der Waals surface area contributed by atoms with Crippen molar-refractivity contribution in [1.29, 1.82) is 0 Å². The number of nitrogens with zero attached hydrogens (tertiary/aromatic N) is 2. The molecular formula is C10H6ClF3N4OS. The zero-order chi connectivity index (χ0) is 14.9. The van der Waals surface area contributed by atoms with Gasteiger partial charge in [0.1, 0.15) is 16.0 Å². The summed E-state index contributed by atoms with van der Waals surface area (Å²) in [7, 11) is 0. The van der Waals surface area contributed by atoms with Gasteiger partial charge in [-0.15, -0.1) is 0 Å². The number of rotatable bonds is 2. The van der Waals surface area contributed by atoms with Crippen molar-refractivity contribution < 1.29 is 13.2 Å². The lowest BCUT2D eigenvalue weighted by Crippen LogP contribution is -2.09. The normalized spacial score (nSPS) is 11.6. The molecule has 0 aromatic carbocycles. The van der Waals surface area contributed by atoms with Crippen molar-refractivity contribution in [3.05, 3.63) is 39.3 Å². The molecule has 20 heavy (non-hydrogen) atoms. The summed E-state index contributed by atoms with van der Waals surface area (Å²) in [6.45, 7) is 0. The molecule has 0 spiro atoms. The third-order valence-electron chi connectivity index (χ3n) is 2.04. The van der Waals surface area contributed by atoms with Gasteiger partial charge in [-0.05, 0) is 23.9 Å². The number of anilines is 1. The number of nitrogens with two attached hydrogens (primary N) is 1. The minimum Gasteiger partial charge on any atom is -0.383 e. The van der Waals surface area contributed by atoms with Crippen LogP contribution < -0.4 is 11.3 Å². The Hall–Kier alpha value is -1.74. The molecule has 0 unspecified atom stereocenters. The van der Waals surface area contributed by atoms with Crippen LogP contribution in [0.15, 0.2) is 33.2 Å². The van der Waals surface area contributed by atoms with Crippen LogP contribution in [0.2, 0.25) is 5.15 Å². The molecule has 0 radical (unpaired) electrons. The predicted molar refractivity (Wildman–Crippen MR) is 67.6 cm³/mol. The van der Waals surface area contributed by atoms with Crippen LogP contribution >= 0.6 is 23.4 Å². The number of nitrogen functional groups attached to an aromatic ring is 1. The standard InChI is InChI=1S/C10H6ClF3N4OS/c11-5-1-4(10(12,13)14)2-8(16-5)20-9-17-6(15)3-7(19)18-9/h1-3H,(H3,15,17,18,19). The van der Waals surface area contributed by atoms with E-state index in [9.17, 15) is 18.0 Å². The number of nitrogens with one attached hydrogen (secondary N) is 1. The molecule has 2 rings (SSSR count). The Balaban J connectivity index is 2.38. The van der Waals surface area contributed by atoms with Gasteiger partial charge in [0.05, 0.1) is 5.56 Å². The van der Waals surface area contributed by atoms with E-state index in [1.807, 2.05) is 0 Å². The van der Waals surface area contributed by atoms with Crippen molar-refractivity contribution in [2.24, 2.45) is 0 Å². The minimum absolute atomic E-state index is 0.0258. The number of halogens is 4. The maximum atomic E-state index is 12.6. The van der Waals surface area contributed by atoms with Crippen molar-refractivity contribution in [2.45, 2.75) is 16.4 Å². The monoisotopic (exact) mass is 322 g/mol. The van der Waals surface area contributed by atoms with Gasteiger partial charge in [0, 0.05) is 6.07 Å². The third-order valence-corrected chi connectivity index (χ3v) is 3.04. The average molecular weight is 323 g/mol. The zero-order valence-corrected chi connectivity index (χ0v) is 11.1. The number of H-pyrrole nitrogens is 1. The fourth-order valence-corrected chi connectivity index (χ4v) is 2.38. The van der Waals surface area contributed by atoms with Gasteiger partial charge >= 0.3 is 6.18 Å². The second kappa shape index (κ2) is 5.33. The first-order valence-electron chi connectivity index (χ1n) is 5.03. The molecule has 0 bridgehead atoms. The van der Waals surface area contributed by atoms with E-state index in [0.29, 0.717) is 6.07 Å². The molecule has 0 aliphatic carbocycles. The molecule has 106 valence electrons. The summed E-state index contributed by atoms with van der Waals surface area (Å²) in [6.07, 6.45) is -4.54. The van der Waals surface area contributed by atoms with Gasteiger partial charge in [-0.3, -0.25) is 4.79 Å². The Morgan fingerprint density at radius 1 is 1.25 bits per heavy atom. The van der Waals surface area contributed by atoms with Gasteiger partial charge in [-0.25, -0.2) is 9.97 Å². The van der Waals surface area contributed by atoms with E-state index in [1.54, 1.807) is 0 Å². The van der Waals surface area contributed by atoms with Gasteiger partial charge in [-0.1, -0.05) is 11.6 Å². The van der Waals surface area contributed by atoms with Crippen molar-refractivity contribution in [3.8, 4) is 0 Å². The van der Waals surface area contributed by atoms with Crippen LogP contribution in [0, 0.1) is 0 Å². The van der Waals surface area contributed by atoms with Crippen LogP contribution in [0.4, 0.5) is 19.0 Å². The maximum Gasteiger partial charge on any atom is 0.416 e. The Kier molecular flexibility index (Phi) is 3.91. The van der Waals surface area contributed by atoms with E-state index in [0.717, 1.165) is 23.9 Å². The molecule has 0 saturated carbocycles. The molecule has 0 aliphatic rings. The van der Waals surface area contributed by atoms with E-state index in [1.165, 1.54) is 0 Å². The van der Waals surface area contributed by atoms with Crippen LogP contribution in [0.3, 0.4) is 0 Å². The molecule has 0 amide bonds. The SMILES string of the molecule is Nc1cc(=O)[nH]c(Sc2cc(C(F)(F)F)cc(Cl)n2)n1. The first-order valence-corrected chi connectivity index (χ1v) is 6.23. The summed E-state index contributed by atoms with van der Waals surface area (Å²) in [5, 5.41) is -0.343. The number of alkyl halides is 3. The molecule has 0 fully saturated rings. The van der Waals surface area contributed by atoms with Gasteiger partial charge in [0.2, 0.25) is 0 Å². The molecule has 2 aromatic heterocycles. The number of aromatic amines is 1. The molecule has 3 N–H and O–H groups in total. The van der Waals surface area contributed by atoms with E-state index in [-0.39, 0.29) is 21.2 Å². The van der Waals surface area contributed by atoms with Crippen molar-refractivity contribution in [2.75, 3.05) is 5.73 Å². The quantitative estimate of drug-likeness (QED) is 0.655. The van der Waals surface area contributed by atoms with Crippen LogP contribution in [-0.2, 0) is 6.18 Å². The van der Waals surface area contributed by atoms with Gasteiger partial charge < -0.3 is 10.7 Å². The van der Waals surface area contributed by atoms with Crippen molar-refractivity contribution in [1.82, 2.24) is 15.0 Å². The lowest BCUT2D eigenvalue weighted by Gasteiger charge is -2.08. The Morgan fingerprint density at radius 2 is 1.95 bits per heavy atom. The highest BCUT2D eigenvalue weighted by molar-refractivity contribution is 7.99. The van der Waals surface area contributed by atoms with Crippen molar-refractivity contribution in [3.63, 3.8) is 0 Å². The highest BCUT2D eigenvalue weighted by Crippen LogP contribution is 2.34. The molecule has 5 nitrogen and oxygen atoms in total. The largest absolute Gasteiger partial charge is 0.416 e. The fraction of sp³-hybridized carbons (Fsp3) is 0.100. The average Bonchev–Trinajstić information content (AvgIpc) is 2.25. The van der Waals surface area contributed by atoms with Gasteiger partial charge in [0.15, 0.2) is 5.16 Å². The third kappa shape index (κ3) is 3.64. The summed E-state index contributed by atoms with van der Waals surface area (Å²) >= 11 is 6.26. The smallest absolute Gasteiger partial charge is 0.383 e. The minimum atomic E-state index is -4.54. The van der Waals surface area contributed by atoms with Crippen molar-refractivity contribution >= 4 is 29.2 Å². The summed E-state index contributed by atoms with van der Waals surface area (Å²) in [6, 6.07) is 2.57. The van der Waals surface area contributed by atoms with Crippen LogP contribution in [0.1, 0.15) is 5.56 Å². The Labute approximate surface area is 119 Å². The molecule has 0 aliphatic heterocycles. The van der Waals surface area contributed by atoms with Crippen LogP contribution in [0.5, 0.6) is 0 Å². The predicted octanol–water partition coefficient (Wildman–Crippen LogP) is 2.57. The summed E-state index contributed by atoms with van der Waals surface area (Å²) in [5.74, 6) is -0.0469. The Bertz CT molecular complexity index is 704. The summed E-state index contributed by atoms with van der Waals surface area (Å²) in [4.78, 5) is 21.0. The van der Waals surface area contributed by atoms with Crippen LogP contribution in [-0.4, -0.2) is 15.0 Å². The lowest BCUT2D eigenvalue weighted by atomic mass is 10.3. The number of hydrogen-bond acceptors (Lipinski definition) is 5. The Morgan fingerprint density at radius 3 is 2.55 bits per heavy atom. The lowest BCUT2D eigenvalue weighted by molar-refractivity contribution is -0.137. The zero-order valence-electron chi connectivity index (χ0n) is 9.53. The van der Waals surface area contributed by atoms with E-state index < -0.39 is 17.3 Å². The van der Waals surface area contributed by atoms with Crippen LogP contribution in [0.25, 0.3) is 0 Å². The molecule has 0 saturated heterocycles. The second-order valence-corrected chi connectivity index (χ2v) is 4.99. The molecule has 2 heterocycles. The van der Waals surface area contributed by atoms with E-state index in [2.05, 4.69) is 15.0 Å². The van der Waals surface area contributed by atoms with Gasteiger partial charge in [-0.2, -0.15) is 13.2 Å². The number of pyridine rings is 1. The molecular weight excluding hydrogens is 317 g/mol. The summed E-state index contributed by atoms with van der Waals surface area (Å²) < 4.78 is 37.9. The second-order valence-electron chi connectivity index (χ2n) is 3.59. The van der Waals surface area contributed by atoms with E-state index in [4.69, 9.17) is 17.3 Å². The molecule has 10 heteroatoms. The summed E-state index contributed by atoms with van der Waals surface area (Å²) in [5.41, 5.74) is 3.92. The number of hydrogen-bond donors (Lipinski definition) is 2. The molecule has 2 aromatic rings. The fourth-order valence-electron chi connectivity index (χ4n) is 1.29.